The van der Waals surface area contributed by atoms with Gasteiger partial charge >= 0.3 is 0 Å². The van der Waals surface area contributed by atoms with E-state index in [1.54, 1.807) is 6.26 Å². The molecule has 1 aliphatic heterocycles. The summed E-state index contributed by atoms with van der Waals surface area (Å²) in [4.78, 5) is 15.2. The van der Waals surface area contributed by atoms with Gasteiger partial charge in [-0.25, -0.2) is 0 Å². The summed E-state index contributed by atoms with van der Waals surface area (Å²) < 4.78 is 12.9. The van der Waals surface area contributed by atoms with E-state index in [-0.39, 0.29) is 5.91 Å². The molecule has 3 aromatic rings. The second-order valence-electron chi connectivity index (χ2n) is 6.37. The Hall–Kier alpha value is -2.58. The van der Waals surface area contributed by atoms with Crippen molar-refractivity contribution in [3.05, 3.63) is 54.3 Å². The molecule has 2 aromatic heterocycles. The Morgan fingerprint density at radius 1 is 1.14 bits per heavy atom. The maximum atomic E-state index is 13.3. The molecule has 4 rings (SSSR count). The minimum Gasteiger partial charge on any atom is -0.461 e. The first-order valence-electron chi connectivity index (χ1n) is 9.33. The van der Waals surface area contributed by atoms with Crippen molar-refractivity contribution in [1.82, 2.24) is 19.7 Å². The van der Waals surface area contributed by atoms with Crippen LogP contribution in [0, 0.1) is 0 Å². The van der Waals surface area contributed by atoms with E-state index in [4.69, 9.17) is 9.15 Å². The van der Waals surface area contributed by atoms with Crippen molar-refractivity contribution >= 4 is 17.7 Å². The molecular weight excluding hydrogens is 376 g/mol. The number of morpholine rings is 1. The molecule has 1 fully saturated rings. The number of aromatic nitrogens is 3. The first-order chi connectivity index (χ1) is 13.8. The van der Waals surface area contributed by atoms with E-state index in [9.17, 15) is 4.79 Å². The summed E-state index contributed by atoms with van der Waals surface area (Å²) in [5.74, 6) is 1.40. The number of rotatable bonds is 6. The highest BCUT2D eigenvalue weighted by molar-refractivity contribution is 8.00. The normalized spacial score (nSPS) is 15.5. The van der Waals surface area contributed by atoms with Gasteiger partial charge < -0.3 is 14.1 Å². The van der Waals surface area contributed by atoms with Crippen LogP contribution >= 0.6 is 11.8 Å². The number of thioether (sulfide) groups is 1. The fraction of sp³-hybridized carbons (Fsp3) is 0.350. The highest BCUT2D eigenvalue weighted by atomic mass is 32.2. The second kappa shape index (κ2) is 8.62. The lowest BCUT2D eigenvalue weighted by atomic mass is 10.1. The summed E-state index contributed by atoms with van der Waals surface area (Å²) in [5, 5.41) is 8.97. The summed E-state index contributed by atoms with van der Waals surface area (Å²) in [5.41, 5.74) is 0.953. The van der Waals surface area contributed by atoms with Crippen LogP contribution in [0.3, 0.4) is 0 Å². The molecule has 1 aromatic carbocycles. The van der Waals surface area contributed by atoms with Gasteiger partial charge in [0.2, 0.25) is 5.91 Å². The Balaban J connectivity index is 1.65. The molecule has 8 heteroatoms. The topological polar surface area (TPSA) is 73.4 Å². The van der Waals surface area contributed by atoms with Crippen molar-refractivity contribution in [3.63, 3.8) is 0 Å². The van der Waals surface area contributed by atoms with Gasteiger partial charge in [0.15, 0.2) is 16.7 Å². The number of furan rings is 1. The highest BCUT2D eigenvalue weighted by Gasteiger charge is 2.30. The number of carbonyl (C=O) groups excluding carboxylic acids is 1. The molecule has 0 aliphatic carbocycles. The van der Waals surface area contributed by atoms with Gasteiger partial charge in [-0.2, -0.15) is 0 Å². The Labute approximate surface area is 167 Å². The summed E-state index contributed by atoms with van der Waals surface area (Å²) in [6.45, 7) is 5.08. The van der Waals surface area contributed by atoms with Crippen LogP contribution in [0.15, 0.2) is 58.3 Å². The Morgan fingerprint density at radius 3 is 2.61 bits per heavy atom. The van der Waals surface area contributed by atoms with Crippen molar-refractivity contribution in [2.75, 3.05) is 26.3 Å². The number of hydrogen-bond acceptors (Lipinski definition) is 6. The smallest absolute Gasteiger partial charge is 0.240 e. The van der Waals surface area contributed by atoms with Gasteiger partial charge in [0.1, 0.15) is 5.25 Å². The molecule has 1 unspecified atom stereocenters. The fourth-order valence-corrected chi connectivity index (χ4v) is 4.38. The van der Waals surface area contributed by atoms with E-state index in [2.05, 4.69) is 10.2 Å². The van der Waals surface area contributed by atoms with Crippen LogP contribution in [0.1, 0.15) is 17.7 Å². The molecule has 28 heavy (non-hydrogen) atoms. The molecule has 1 saturated heterocycles. The van der Waals surface area contributed by atoms with E-state index in [0.29, 0.717) is 49.6 Å². The number of nitrogens with zero attached hydrogens (tertiary/aromatic N) is 4. The maximum Gasteiger partial charge on any atom is 0.240 e. The molecule has 1 atom stereocenters. The molecule has 7 nitrogen and oxygen atoms in total. The van der Waals surface area contributed by atoms with Gasteiger partial charge in [-0.1, -0.05) is 42.1 Å². The summed E-state index contributed by atoms with van der Waals surface area (Å²) >= 11 is 1.43. The number of carbonyl (C=O) groups is 1. The predicted octanol–water partition coefficient (Wildman–Crippen LogP) is 3.25. The SMILES string of the molecule is CCn1c(SC(C(=O)N2CCOCC2)c2ccccc2)nnc1-c1ccco1. The average molecular weight is 398 g/mol. The lowest BCUT2D eigenvalue weighted by Crippen LogP contribution is -2.42. The van der Waals surface area contributed by atoms with E-state index in [1.165, 1.54) is 11.8 Å². The van der Waals surface area contributed by atoms with Gasteiger partial charge in [-0.05, 0) is 24.6 Å². The zero-order valence-corrected chi connectivity index (χ0v) is 16.5. The molecule has 3 heterocycles. The van der Waals surface area contributed by atoms with Crippen LogP contribution < -0.4 is 0 Å². The number of hydrogen-bond donors (Lipinski definition) is 0. The molecule has 0 radical (unpaired) electrons. The molecule has 0 bridgehead atoms. The van der Waals surface area contributed by atoms with Crippen molar-refractivity contribution in [2.24, 2.45) is 0 Å². The highest BCUT2D eigenvalue weighted by Crippen LogP contribution is 2.37. The largest absolute Gasteiger partial charge is 0.461 e. The number of ether oxygens (including phenoxy) is 1. The molecule has 146 valence electrons. The Bertz CT molecular complexity index is 905. The van der Waals surface area contributed by atoms with Crippen molar-refractivity contribution in [3.8, 4) is 11.6 Å². The summed E-state index contributed by atoms with van der Waals surface area (Å²) in [7, 11) is 0. The minimum absolute atomic E-state index is 0.0738. The van der Waals surface area contributed by atoms with Crippen LogP contribution in [0.25, 0.3) is 11.6 Å². The van der Waals surface area contributed by atoms with Crippen LogP contribution in [0.4, 0.5) is 0 Å². The van der Waals surface area contributed by atoms with Crippen molar-refractivity contribution < 1.29 is 13.9 Å². The molecule has 0 N–H and O–H groups in total. The first-order valence-corrected chi connectivity index (χ1v) is 10.2. The monoisotopic (exact) mass is 398 g/mol. The number of amides is 1. The fourth-order valence-electron chi connectivity index (χ4n) is 3.19. The molecule has 1 amide bonds. The summed E-state index contributed by atoms with van der Waals surface area (Å²) in [6.07, 6.45) is 1.62. The van der Waals surface area contributed by atoms with Crippen LogP contribution in [0.2, 0.25) is 0 Å². The van der Waals surface area contributed by atoms with Gasteiger partial charge in [-0.3, -0.25) is 9.36 Å². The molecule has 0 spiro atoms. The average Bonchev–Trinajstić information content (AvgIpc) is 3.42. The van der Waals surface area contributed by atoms with Crippen molar-refractivity contribution in [2.45, 2.75) is 23.9 Å². The van der Waals surface area contributed by atoms with Crippen LogP contribution in [-0.2, 0) is 16.1 Å². The number of benzene rings is 1. The first kappa shape index (κ1) is 18.8. The van der Waals surface area contributed by atoms with Crippen LogP contribution in [0.5, 0.6) is 0 Å². The Kier molecular flexibility index (Phi) is 5.78. The van der Waals surface area contributed by atoms with Gasteiger partial charge in [0, 0.05) is 19.6 Å². The third-order valence-electron chi connectivity index (χ3n) is 4.65. The van der Waals surface area contributed by atoms with E-state index in [0.717, 1.165) is 5.56 Å². The van der Waals surface area contributed by atoms with Crippen LogP contribution in [-0.4, -0.2) is 51.9 Å². The minimum atomic E-state index is -0.391. The third kappa shape index (κ3) is 3.83. The maximum absolute atomic E-state index is 13.3. The lowest BCUT2D eigenvalue weighted by Gasteiger charge is -2.30. The predicted molar refractivity (Wildman–Crippen MR) is 106 cm³/mol. The third-order valence-corrected chi connectivity index (χ3v) is 5.87. The van der Waals surface area contributed by atoms with Crippen molar-refractivity contribution in [1.29, 1.82) is 0 Å². The Morgan fingerprint density at radius 2 is 1.93 bits per heavy atom. The summed E-state index contributed by atoms with van der Waals surface area (Å²) in [6, 6.07) is 13.5. The van der Waals surface area contributed by atoms with Gasteiger partial charge in [-0.15, -0.1) is 10.2 Å². The standard InChI is InChI=1S/C20H22N4O3S/c1-2-24-18(16-9-6-12-27-16)21-22-20(24)28-17(15-7-4-3-5-8-15)19(25)23-10-13-26-14-11-23/h3-9,12,17H,2,10-11,13-14H2,1H3. The zero-order valence-electron chi connectivity index (χ0n) is 15.7. The van der Waals surface area contributed by atoms with E-state index in [1.807, 2.05) is 58.9 Å². The lowest BCUT2D eigenvalue weighted by molar-refractivity contribution is -0.134. The van der Waals surface area contributed by atoms with Gasteiger partial charge in [0.05, 0.1) is 19.5 Å². The molecule has 1 aliphatic rings. The van der Waals surface area contributed by atoms with E-state index >= 15 is 0 Å². The van der Waals surface area contributed by atoms with Gasteiger partial charge in [0.25, 0.3) is 0 Å². The van der Waals surface area contributed by atoms with E-state index < -0.39 is 5.25 Å². The molecular formula is C20H22N4O3S. The molecule has 0 saturated carbocycles. The quantitative estimate of drug-likeness (QED) is 0.594. The second-order valence-corrected chi connectivity index (χ2v) is 7.45. The zero-order chi connectivity index (χ0) is 19.3.